The molecule has 1 N–H and O–H groups in total. The summed E-state index contributed by atoms with van der Waals surface area (Å²) >= 11 is 0. The lowest BCUT2D eigenvalue weighted by molar-refractivity contribution is 0.0315. The molecule has 2 heterocycles. The molecule has 142 valence electrons. The van der Waals surface area contributed by atoms with Crippen LogP contribution in [-0.4, -0.2) is 74.8 Å². The Morgan fingerprint density at radius 2 is 2.00 bits per heavy atom. The van der Waals surface area contributed by atoms with E-state index in [9.17, 15) is 0 Å². The first-order chi connectivity index (χ1) is 12.8. The maximum atomic E-state index is 5.46. The van der Waals surface area contributed by atoms with Crippen molar-refractivity contribution in [3.63, 3.8) is 0 Å². The third kappa shape index (κ3) is 4.57. The number of guanidine groups is 1. The molecule has 3 aliphatic rings. The molecule has 0 spiro atoms. The zero-order valence-corrected chi connectivity index (χ0v) is 15.9. The van der Waals surface area contributed by atoms with Crippen molar-refractivity contribution in [1.82, 2.24) is 15.1 Å². The third-order valence-corrected chi connectivity index (χ3v) is 6.00. The summed E-state index contributed by atoms with van der Waals surface area (Å²) in [6.45, 7) is 7.43. The summed E-state index contributed by atoms with van der Waals surface area (Å²) in [5.41, 5.74) is 1.45. The Hall–Kier alpha value is -1.59. The Morgan fingerprint density at radius 3 is 2.77 bits per heavy atom. The van der Waals surface area contributed by atoms with Gasteiger partial charge < -0.3 is 15.0 Å². The summed E-state index contributed by atoms with van der Waals surface area (Å²) in [6.07, 6.45) is 3.71. The van der Waals surface area contributed by atoms with Crippen LogP contribution in [0.4, 0.5) is 0 Å². The van der Waals surface area contributed by atoms with E-state index in [0.717, 1.165) is 57.2 Å². The molecule has 0 amide bonds. The van der Waals surface area contributed by atoms with Crippen LogP contribution in [0.15, 0.2) is 35.3 Å². The van der Waals surface area contributed by atoms with Gasteiger partial charge in [0.25, 0.3) is 0 Å². The second-order valence-corrected chi connectivity index (χ2v) is 8.00. The molecule has 4 rings (SSSR count). The zero-order chi connectivity index (χ0) is 17.8. The van der Waals surface area contributed by atoms with Gasteiger partial charge in [-0.2, -0.15) is 0 Å². The lowest BCUT2D eigenvalue weighted by Crippen LogP contribution is -2.43. The number of nitrogens with zero attached hydrogens (tertiary/aromatic N) is 3. The number of benzene rings is 1. The number of ether oxygens (including phenoxy) is 1. The molecule has 1 aliphatic carbocycles. The van der Waals surface area contributed by atoms with Gasteiger partial charge in [0.2, 0.25) is 0 Å². The molecule has 5 heteroatoms. The van der Waals surface area contributed by atoms with Crippen molar-refractivity contribution in [1.29, 1.82) is 0 Å². The average Bonchev–Trinajstić information content (AvgIpc) is 3.24. The quantitative estimate of drug-likeness (QED) is 0.646. The van der Waals surface area contributed by atoms with E-state index in [1.807, 2.05) is 7.05 Å². The average molecular weight is 357 g/mol. The molecule has 1 aromatic rings. The van der Waals surface area contributed by atoms with Crippen molar-refractivity contribution in [3.05, 3.63) is 35.9 Å². The van der Waals surface area contributed by atoms with Crippen molar-refractivity contribution in [2.24, 2.45) is 16.8 Å². The zero-order valence-electron chi connectivity index (χ0n) is 15.9. The number of morpholine rings is 1. The molecule has 0 bridgehead atoms. The van der Waals surface area contributed by atoms with Crippen molar-refractivity contribution < 1.29 is 4.74 Å². The van der Waals surface area contributed by atoms with Crippen molar-refractivity contribution in [3.8, 4) is 0 Å². The Labute approximate surface area is 157 Å². The van der Waals surface area contributed by atoms with Crippen LogP contribution in [0.2, 0.25) is 0 Å². The molecule has 2 aliphatic heterocycles. The molecule has 2 saturated heterocycles. The van der Waals surface area contributed by atoms with E-state index in [0.29, 0.717) is 6.04 Å². The number of aliphatic imine (C=N–C) groups is 1. The Bertz CT molecular complexity index is 599. The lowest BCUT2D eigenvalue weighted by Gasteiger charge is -2.29. The number of hydrogen-bond donors (Lipinski definition) is 1. The summed E-state index contributed by atoms with van der Waals surface area (Å²) < 4.78 is 5.46. The molecule has 3 unspecified atom stereocenters. The minimum Gasteiger partial charge on any atom is -0.379 e. The lowest BCUT2D eigenvalue weighted by atomic mass is 10.1. The first-order valence-corrected chi connectivity index (χ1v) is 10.1. The molecule has 0 aromatic heterocycles. The Balaban J connectivity index is 1.22. The van der Waals surface area contributed by atoms with E-state index >= 15 is 0 Å². The van der Waals surface area contributed by atoms with Gasteiger partial charge in [-0.15, -0.1) is 0 Å². The standard InChI is InChI=1S/C21H32N4O/c1-22-21(23-20-14-19(20)13-17-5-3-2-4-6-17)25-8-7-18(16-25)15-24-9-11-26-12-10-24/h2-6,18-20H,7-16H2,1H3,(H,22,23). The maximum absolute atomic E-state index is 5.46. The van der Waals surface area contributed by atoms with Crippen LogP contribution in [-0.2, 0) is 11.2 Å². The van der Waals surface area contributed by atoms with E-state index in [1.54, 1.807) is 0 Å². The smallest absolute Gasteiger partial charge is 0.193 e. The highest BCUT2D eigenvalue weighted by molar-refractivity contribution is 5.80. The molecule has 1 saturated carbocycles. The largest absolute Gasteiger partial charge is 0.379 e. The number of likely N-dealkylation sites (tertiary alicyclic amines) is 1. The second-order valence-electron chi connectivity index (χ2n) is 8.00. The predicted octanol–water partition coefficient (Wildman–Crippen LogP) is 1.85. The minimum atomic E-state index is 0.590. The van der Waals surface area contributed by atoms with Gasteiger partial charge in [-0.1, -0.05) is 30.3 Å². The SMILES string of the molecule is CN=C(NC1CC1Cc1ccccc1)N1CCC(CN2CCOCC2)C1. The van der Waals surface area contributed by atoms with Crippen molar-refractivity contribution >= 4 is 5.96 Å². The van der Waals surface area contributed by atoms with Crippen LogP contribution >= 0.6 is 0 Å². The van der Waals surface area contributed by atoms with E-state index in [4.69, 9.17) is 4.74 Å². The summed E-state index contributed by atoms with van der Waals surface area (Å²) in [5, 5.41) is 3.72. The molecule has 5 nitrogen and oxygen atoms in total. The first-order valence-electron chi connectivity index (χ1n) is 10.1. The van der Waals surface area contributed by atoms with Gasteiger partial charge >= 0.3 is 0 Å². The van der Waals surface area contributed by atoms with Gasteiger partial charge in [-0.3, -0.25) is 9.89 Å². The van der Waals surface area contributed by atoms with Gasteiger partial charge in [0, 0.05) is 45.8 Å². The molecule has 0 radical (unpaired) electrons. The minimum absolute atomic E-state index is 0.590. The fourth-order valence-corrected chi connectivity index (χ4v) is 4.35. The highest BCUT2D eigenvalue weighted by Gasteiger charge is 2.39. The normalized spacial score (nSPS) is 29.8. The molecular formula is C21H32N4O. The Morgan fingerprint density at radius 1 is 1.19 bits per heavy atom. The topological polar surface area (TPSA) is 40.1 Å². The fourth-order valence-electron chi connectivity index (χ4n) is 4.35. The number of rotatable bonds is 5. The van der Waals surface area contributed by atoms with E-state index in [-0.39, 0.29) is 0 Å². The van der Waals surface area contributed by atoms with Gasteiger partial charge in [-0.25, -0.2) is 0 Å². The van der Waals surface area contributed by atoms with Crippen LogP contribution < -0.4 is 5.32 Å². The van der Waals surface area contributed by atoms with E-state index in [2.05, 4.69) is 50.4 Å². The summed E-state index contributed by atoms with van der Waals surface area (Å²) in [6, 6.07) is 11.4. The molecule has 26 heavy (non-hydrogen) atoms. The summed E-state index contributed by atoms with van der Waals surface area (Å²) in [5.74, 6) is 2.61. The molecule has 1 aromatic carbocycles. The van der Waals surface area contributed by atoms with Gasteiger partial charge in [0.1, 0.15) is 0 Å². The number of hydrogen-bond acceptors (Lipinski definition) is 3. The van der Waals surface area contributed by atoms with Crippen molar-refractivity contribution in [2.75, 3.05) is 53.0 Å². The van der Waals surface area contributed by atoms with Crippen LogP contribution in [0.3, 0.4) is 0 Å². The van der Waals surface area contributed by atoms with Crippen LogP contribution in [0.1, 0.15) is 18.4 Å². The van der Waals surface area contributed by atoms with E-state index < -0.39 is 0 Å². The van der Waals surface area contributed by atoms with Gasteiger partial charge in [-0.05, 0) is 36.7 Å². The van der Waals surface area contributed by atoms with Gasteiger partial charge in [0.05, 0.1) is 13.2 Å². The first kappa shape index (κ1) is 17.8. The highest BCUT2D eigenvalue weighted by Crippen LogP contribution is 2.34. The predicted molar refractivity (Wildman–Crippen MR) is 105 cm³/mol. The molecule has 3 atom stereocenters. The Kier molecular flexibility index (Phi) is 5.75. The molecule has 3 fully saturated rings. The third-order valence-electron chi connectivity index (χ3n) is 6.00. The monoisotopic (exact) mass is 356 g/mol. The van der Waals surface area contributed by atoms with Crippen LogP contribution in [0.25, 0.3) is 0 Å². The second kappa shape index (κ2) is 8.40. The maximum Gasteiger partial charge on any atom is 0.193 e. The fraction of sp³-hybridized carbons (Fsp3) is 0.667. The highest BCUT2D eigenvalue weighted by atomic mass is 16.5. The summed E-state index contributed by atoms with van der Waals surface area (Å²) in [4.78, 5) is 9.59. The number of nitrogens with one attached hydrogen (secondary N) is 1. The van der Waals surface area contributed by atoms with E-state index in [1.165, 1.54) is 31.4 Å². The molecular weight excluding hydrogens is 324 g/mol. The summed E-state index contributed by atoms with van der Waals surface area (Å²) in [7, 11) is 1.92. The van der Waals surface area contributed by atoms with Gasteiger partial charge in [0.15, 0.2) is 5.96 Å². The van der Waals surface area contributed by atoms with Crippen LogP contribution in [0.5, 0.6) is 0 Å². The van der Waals surface area contributed by atoms with Crippen molar-refractivity contribution in [2.45, 2.75) is 25.3 Å². The van der Waals surface area contributed by atoms with Crippen LogP contribution in [0, 0.1) is 11.8 Å².